The molecule has 80 valence electrons. The fraction of sp³-hybridized carbons (Fsp3) is 0.200. The van der Waals surface area contributed by atoms with Gasteiger partial charge in [-0.3, -0.25) is 0 Å². The Morgan fingerprint density at radius 1 is 1.13 bits per heavy atom. The molecule has 0 unspecified atom stereocenters. The molecule has 1 aliphatic heterocycles. The zero-order valence-corrected chi connectivity index (χ0v) is 8.92. The topological polar surface area (TPSA) is 86.2 Å². The zero-order chi connectivity index (χ0) is 11.1. The molecule has 0 saturated heterocycles. The lowest BCUT2D eigenvalue weighted by Crippen LogP contribution is -2.02. The van der Waals surface area contributed by atoms with Gasteiger partial charge in [0.1, 0.15) is 0 Å². The molecule has 2 rings (SSSR count). The average Bonchev–Trinajstić information content (AvgIpc) is 2.50. The van der Waals surface area contributed by atoms with E-state index in [1.807, 2.05) is 6.07 Å². The molecule has 0 spiro atoms. The van der Waals surface area contributed by atoms with Gasteiger partial charge in [-0.25, -0.2) is 8.42 Å². The van der Waals surface area contributed by atoms with E-state index in [0.29, 0.717) is 22.6 Å². The van der Waals surface area contributed by atoms with Crippen LogP contribution in [0.15, 0.2) is 28.5 Å². The van der Waals surface area contributed by atoms with E-state index in [0.717, 1.165) is 5.56 Å². The van der Waals surface area contributed by atoms with Crippen molar-refractivity contribution in [3.63, 3.8) is 0 Å². The van der Waals surface area contributed by atoms with Gasteiger partial charge in [0.15, 0.2) is 0 Å². The highest BCUT2D eigenvalue weighted by molar-refractivity contribution is 7.95. The predicted octanol–water partition coefficient (Wildman–Crippen LogP) is 0.232. The quantitative estimate of drug-likeness (QED) is 0.753. The summed E-state index contributed by atoms with van der Waals surface area (Å²) < 4.78 is 23.4. The third kappa shape index (κ3) is 1.58. The molecule has 0 aromatic heterocycles. The van der Waals surface area contributed by atoms with Crippen LogP contribution in [-0.4, -0.2) is 15.0 Å². The van der Waals surface area contributed by atoms with E-state index < -0.39 is 9.84 Å². The molecule has 1 aromatic rings. The maximum Gasteiger partial charge on any atom is 0.200 e. The van der Waals surface area contributed by atoms with Crippen molar-refractivity contribution in [1.29, 1.82) is 0 Å². The smallest absolute Gasteiger partial charge is 0.200 e. The highest BCUT2D eigenvalue weighted by Gasteiger charge is 2.25. The van der Waals surface area contributed by atoms with Crippen LogP contribution in [0.3, 0.4) is 0 Å². The van der Waals surface area contributed by atoms with Crippen molar-refractivity contribution in [1.82, 2.24) is 0 Å². The lowest BCUT2D eigenvalue weighted by Gasteiger charge is -2.03. The van der Waals surface area contributed by atoms with Crippen LogP contribution in [0, 0.1) is 0 Å². The van der Waals surface area contributed by atoms with E-state index >= 15 is 0 Å². The van der Waals surface area contributed by atoms with E-state index in [2.05, 4.69) is 0 Å². The van der Waals surface area contributed by atoms with Gasteiger partial charge in [-0.2, -0.15) is 0 Å². The second-order valence-electron chi connectivity index (χ2n) is 3.43. The second kappa shape index (κ2) is 3.44. The molecule has 0 radical (unpaired) electrons. The van der Waals surface area contributed by atoms with Gasteiger partial charge in [0.2, 0.25) is 9.84 Å². The number of benzene rings is 1. The first-order valence-electron chi connectivity index (χ1n) is 4.57. The third-order valence-corrected chi connectivity index (χ3v) is 4.00. The molecule has 0 atom stereocenters. The first kappa shape index (κ1) is 10.4. The summed E-state index contributed by atoms with van der Waals surface area (Å²) in [5.74, 6) is 0. The number of nitrogens with two attached hydrogens (primary N) is 2. The number of fused-ring (bicyclic) bond motifs is 1. The van der Waals surface area contributed by atoms with Gasteiger partial charge in [0.05, 0.1) is 4.90 Å². The first-order valence-corrected chi connectivity index (χ1v) is 6.12. The van der Waals surface area contributed by atoms with Crippen LogP contribution in [-0.2, 0) is 16.4 Å². The minimum absolute atomic E-state index is 0.230. The van der Waals surface area contributed by atoms with Crippen LogP contribution in [0.25, 0.3) is 5.57 Å². The molecule has 1 aliphatic rings. The summed E-state index contributed by atoms with van der Waals surface area (Å²) in [7, 11) is -3.30. The average molecular weight is 224 g/mol. The zero-order valence-electron chi connectivity index (χ0n) is 8.10. The van der Waals surface area contributed by atoms with Crippen molar-refractivity contribution >= 4 is 15.4 Å². The molecule has 4 N–H and O–H groups in total. The molecule has 15 heavy (non-hydrogen) atoms. The molecule has 4 nitrogen and oxygen atoms in total. The van der Waals surface area contributed by atoms with E-state index in [9.17, 15) is 8.42 Å². The van der Waals surface area contributed by atoms with Gasteiger partial charge in [-0.1, -0.05) is 12.1 Å². The third-order valence-electron chi connectivity index (χ3n) is 2.45. The molecule has 5 heteroatoms. The Labute approximate surface area is 88.5 Å². The molecule has 0 fully saturated rings. The lowest BCUT2D eigenvalue weighted by molar-refractivity contribution is 0.605. The summed E-state index contributed by atoms with van der Waals surface area (Å²) in [6.07, 6.45) is 0. The van der Waals surface area contributed by atoms with Gasteiger partial charge >= 0.3 is 0 Å². The van der Waals surface area contributed by atoms with Crippen LogP contribution >= 0.6 is 0 Å². The second-order valence-corrected chi connectivity index (χ2v) is 5.19. The summed E-state index contributed by atoms with van der Waals surface area (Å²) in [6.45, 7) is 0.564. The molecular weight excluding hydrogens is 212 g/mol. The lowest BCUT2D eigenvalue weighted by atomic mass is 10.1. The summed E-state index contributed by atoms with van der Waals surface area (Å²) in [6, 6.07) is 5.20. The summed E-state index contributed by atoms with van der Waals surface area (Å²) in [5.41, 5.74) is 13.1. The Morgan fingerprint density at radius 3 is 2.47 bits per heavy atom. The maximum atomic E-state index is 11.7. The number of hydrogen-bond acceptors (Lipinski definition) is 4. The van der Waals surface area contributed by atoms with Gasteiger partial charge in [0, 0.05) is 18.5 Å². The molecule has 0 bridgehead atoms. The largest absolute Gasteiger partial charge is 0.326 e. The van der Waals surface area contributed by atoms with Crippen molar-refractivity contribution in [2.45, 2.75) is 11.4 Å². The van der Waals surface area contributed by atoms with E-state index in [4.69, 9.17) is 11.5 Å². The Kier molecular flexibility index (Phi) is 2.38. The Hall–Kier alpha value is -1.17. The van der Waals surface area contributed by atoms with Crippen molar-refractivity contribution in [3.05, 3.63) is 34.7 Å². The van der Waals surface area contributed by atoms with Gasteiger partial charge in [0.25, 0.3) is 0 Å². The molecule has 1 aromatic carbocycles. The molecule has 0 aliphatic carbocycles. The van der Waals surface area contributed by atoms with Crippen molar-refractivity contribution in [2.75, 3.05) is 6.54 Å². The van der Waals surface area contributed by atoms with Crippen LogP contribution in [0.2, 0.25) is 0 Å². The van der Waals surface area contributed by atoms with E-state index in [-0.39, 0.29) is 6.54 Å². The maximum absolute atomic E-state index is 11.7. The molecule has 0 amide bonds. The van der Waals surface area contributed by atoms with Crippen molar-refractivity contribution < 1.29 is 8.42 Å². The highest BCUT2D eigenvalue weighted by Crippen LogP contribution is 2.33. The van der Waals surface area contributed by atoms with Crippen molar-refractivity contribution in [2.24, 2.45) is 11.5 Å². The minimum atomic E-state index is -3.30. The van der Waals surface area contributed by atoms with Crippen molar-refractivity contribution in [3.8, 4) is 0 Å². The fourth-order valence-corrected chi connectivity index (χ4v) is 3.21. The van der Waals surface area contributed by atoms with Crippen LogP contribution in [0.1, 0.15) is 11.1 Å². The monoisotopic (exact) mass is 224 g/mol. The minimum Gasteiger partial charge on any atom is -0.326 e. The standard InChI is InChI=1S/C10H12N2O2S/c11-4-7-1-2-9-8(5-12)6-15(13,14)10(9)3-7/h1-3,6H,4-5,11-12H2. The summed E-state index contributed by atoms with van der Waals surface area (Å²) in [4.78, 5) is 0.325. The van der Waals surface area contributed by atoms with Crippen LogP contribution in [0.4, 0.5) is 0 Å². The molecule has 0 saturated carbocycles. The Balaban J connectivity index is 2.67. The van der Waals surface area contributed by atoms with Gasteiger partial charge in [-0.15, -0.1) is 0 Å². The van der Waals surface area contributed by atoms with Crippen LogP contribution < -0.4 is 11.5 Å². The number of hydrogen-bond donors (Lipinski definition) is 2. The fourth-order valence-electron chi connectivity index (χ4n) is 1.67. The normalized spacial score (nSPS) is 17.3. The highest BCUT2D eigenvalue weighted by atomic mass is 32.2. The summed E-state index contributed by atoms with van der Waals surface area (Å²) >= 11 is 0. The molecular formula is C10H12N2O2S. The Morgan fingerprint density at radius 2 is 1.87 bits per heavy atom. The molecule has 1 heterocycles. The van der Waals surface area contributed by atoms with Gasteiger partial charge < -0.3 is 11.5 Å². The first-order chi connectivity index (χ1) is 7.08. The van der Waals surface area contributed by atoms with E-state index in [1.165, 1.54) is 5.41 Å². The van der Waals surface area contributed by atoms with Gasteiger partial charge in [-0.05, 0) is 22.8 Å². The van der Waals surface area contributed by atoms with Crippen LogP contribution in [0.5, 0.6) is 0 Å². The van der Waals surface area contributed by atoms with E-state index in [1.54, 1.807) is 12.1 Å². The summed E-state index contributed by atoms with van der Waals surface area (Å²) in [5, 5.41) is 1.23. The predicted molar refractivity (Wildman–Crippen MR) is 58.6 cm³/mol. The SMILES string of the molecule is NCC1=CS(=O)(=O)c2cc(CN)ccc21. The number of sulfone groups is 1. The number of rotatable bonds is 2. The Bertz CT molecular complexity index is 532.